The fourth-order valence-corrected chi connectivity index (χ4v) is 3.47. The van der Waals surface area contributed by atoms with Gasteiger partial charge in [-0.25, -0.2) is 4.79 Å². The minimum absolute atomic E-state index is 0.309. The topological polar surface area (TPSA) is 81.7 Å². The molecule has 0 aromatic heterocycles. The maximum Gasteiger partial charge on any atom is 0.329 e. The number of nitrogens with zero attached hydrogens (tertiary/aromatic N) is 1. The van der Waals surface area contributed by atoms with Gasteiger partial charge in [-0.3, -0.25) is 9.69 Å². The minimum atomic E-state index is -2.17. The maximum absolute atomic E-state index is 13.0. The lowest BCUT2D eigenvalue weighted by molar-refractivity contribution is -0.140. The van der Waals surface area contributed by atoms with Crippen molar-refractivity contribution in [2.45, 2.75) is 32.9 Å². The third-order valence-electron chi connectivity index (χ3n) is 4.73. The zero-order chi connectivity index (χ0) is 19.8. The first kappa shape index (κ1) is 19.4. The molecule has 1 atom stereocenters. The molecule has 2 aromatic carbocycles. The van der Waals surface area contributed by atoms with Crippen molar-refractivity contribution >= 4 is 39.2 Å². The van der Waals surface area contributed by atoms with Crippen molar-refractivity contribution in [3.8, 4) is 0 Å². The lowest BCUT2D eigenvalue weighted by Crippen LogP contribution is -2.62. The first-order valence-electron chi connectivity index (χ1n) is 8.78. The highest BCUT2D eigenvalue weighted by Gasteiger charge is 2.52. The molecule has 3 rings (SSSR count). The number of carbonyl (C=O) groups excluding carboxylic acids is 2. The number of urea groups is 1. The molecule has 1 unspecified atom stereocenters. The average Bonchev–Trinajstić information content (AvgIpc) is 2.63. The van der Waals surface area contributed by atoms with Crippen LogP contribution in [-0.2, 0) is 10.5 Å². The predicted molar refractivity (Wildman–Crippen MR) is 109 cm³/mol. The second kappa shape index (κ2) is 7.32. The van der Waals surface area contributed by atoms with Crippen LogP contribution in [0.3, 0.4) is 0 Å². The minimum Gasteiger partial charge on any atom is -0.359 e. The summed E-state index contributed by atoms with van der Waals surface area (Å²) in [6, 6.07) is 9.86. The number of amides is 3. The molecule has 1 aliphatic rings. The van der Waals surface area contributed by atoms with Crippen molar-refractivity contribution < 1.29 is 14.7 Å². The van der Waals surface area contributed by atoms with Gasteiger partial charge in [0, 0.05) is 22.3 Å². The molecule has 7 heteroatoms. The Labute approximate surface area is 166 Å². The smallest absolute Gasteiger partial charge is 0.329 e. The number of anilines is 2. The summed E-state index contributed by atoms with van der Waals surface area (Å²) in [5.41, 5.74) is 0.990. The van der Waals surface area contributed by atoms with E-state index in [4.69, 9.17) is 0 Å². The molecular weight excluding hydrogens is 410 g/mol. The molecule has 0 aliphatic carbocycles. The summed E-state index contributed by atoms with van der Waals surface area (Å²) < 4.78 is 0.694. The number of benzene rings is 2. The standard InChI is InChI=1S/C20H22BrN3O3/c1-4-9-22-18(25)20(27)16-11-14(21)6-8-17(16)23-19(26)24(20)15-7-5-12(2)13(3)10-15/h5-8,10-11,27H,4,9H2,1-3H3,(H,22,25)(H,23,26). The lowest BCUT2D eigenvalue weighted by atomic mass is 9.94. The molecule has 6 nitrogen and oxygen atoms in total. The van der Waals surface area contributed by atoms with Crippen molar-refractivity contribution in [3.05, 3.63) is 57.6 Å². The summed E-state index contributed by atoms with van der Waals surface area (Å²) in [5, 5.41) is 17.1. The van der Waals surface area contributed by atoms with E-state index < -0.39 is 17.7 Å². The van der Waals surface area contributed by atoms with E-state index in [2.05, 4.69) is 26.6 Å². The average molecular weight is 432 g/mol. The molecule has 1 heterocycles. The van der Waals surface area contributed by atoms with Crippen LogP contribution in [0.5, 0.6) is 0 Å². The van der Waals surface area contributed by atoms with Gasteiger partial charge in [-0.15, -0.1) is 0 Å². The molecular formula is C20H22BrN3O3. The summed E-state index contributed by atoms with van der Waals surface area (Å²) in [5.74, 6) is -0.642. The van der Waals surface area contributed by atoms with Crippen LogP contribution in [0.1, 0.15) is 30.0 Å². The molecule has 0 fully saturated rings. The predicted octanol–water partition coefficient (Wildman–Crippen LogP) is 3.79. The number of aliphatic hydroxyl groups is 1. The molecule has 1 aliphatic heterocycles. The third-order valence-corrected chi connectivity index (χ3v) is 5.22. The van der Waals surface area contributed by atoms with Crippen LogP contribution in [0.2, 0.25) is 0 Å². The van der Waals surface area contributed by atoms with Gasteiger partial charge >= 0.3 is 6.03 Å². The molecule has 0 saturated carbocycles. The highest BCUT2D eigenvalue weighted by atomic mass is 79.9. The highest BCUT2D eigenvalue weighted by Crippen LogP contribution is 2.41. The molecule has 27 heavy (non-hydrogen) atoms. The van der Waals surface area contributed by atoms with Gasteiger partial charge in [-0.05, 0) is 61.7 Å². The Hall–Kier alpha value is -2.38. The van der Waals surface area contributed by atoms with Crippen LogP contribution < -0.4 is 15.5 Å². The Bertz CT molecular complexity index is 915. The maximum atomic E-state index is 13.0. The zero-order valence-electron chi connectivity index (χ0n) is 15.5. The van der Waals surface area contributed by atoms with Gasteiger partial charge in [0.05, 0.1) is 5.69 Å². The number of rotatable bonds is 4. The number of aryl methyl sites for hydroxylation is 2. The summed E-state index contributed by atoms with van der Waals surface area (Å²) >= 11 is 3.38. The molecule has 142 valence electrons. The van der Waals surface area contributed by atoms with Crippen molar-refractivity contribution in [1.29, 1.82) is 0 Å². The fraction of sp³-hybridized carbons (Fsp3) is 0.300. The first-order valence-corrected chi connectivity index (χ1v) is 9.57. The van der Waals surface area contributed by atoms with E-state index in [0.717, 1.165) is 16.0 Å². The Morgan fingerprint density at radius 2 is 1.96 bits per heavy atom. The van der Waals surface area contributed by atoms with Crippen molar-refractivity contribution in [2.75, 3.05) is 16.8 Å². The number of halogens is 1. The number of fused-ring (bicyclic) bond motifs is 1. The van der Waals surface area contributed by atoms with Gasteiger partial charge in [-0.1, -0.05) is 28.9 Å². The molecule has 2 aromatic rings. The molecule has 0 radical (unpaired) electrons. The summed E-state index contributed by atoms with van der Waals surface area (Å²) in [4.78, 5) is 27.0. The van der Waals surface area contributed by atoms with E-state index in [1.807, 2.05) is 26.8 Å². The number of nitrogens with one attached hydrogen (secondary N) is 2. The second-order valence-corrected chi connectivity index (χ2v) is 7.57. The quantitative estimate of drug-likeness (QED) is 0.688. The Morgan fingerprint density at radius 1 is 1.22 bits per heavy atom. The fourth-order valence-electron chi connectivity index (χ4n) is 3.11. The van der Waals surface area contributed by atoms with Crippen molar-refractivity contribution in [2.24, 2.45) is 0 Å². The lowest BCUT2D eigenvalue weighted by Gasteiger charge is -2.43. The van der Waals surface area contributed by atoms with Crippen LogP contribution in [0.15, 0.2) is 40.9 Å². The van der Waals surface area contributed by atoms with Crippen molar-refractivity contribution in [3.63, 3.8) is 0 Å². The molecule has 0 saturated heterocycles. The Kier molecular flexibility index (Phi) is 5.26. The largest absolute Gasteiger partial charge is 0.359 e. The van der Waals surface area contributed by atoms with Gasteiger partial charge in [0.1, 0.15) is 0 Å². The zero-order valence-corrected chi connectivity index (χ0v) is 17.1. The number of hydrogen-bond acceptors (Lipinski definition) is 3. The van der Waals surface area contributed by atoms with E-state index in [1.165, 1.54) is 0 Å². The van der Waals surface area contributed by atoms with Crippen LogP contribution in [0, 0.1) is 13.8 Å². The van der Waals surface area contributed by atoms with Crippen molar-refractivity contribution in [1.82, 2.24) is 5.32 Å². The third kappa shape index (κ3) is 3.33. The Morgan fingerprint density at radius 3 is 2.63 bits per heavy atom. The van der Waals surface area contributed by atoms with Gasteiger partial charge in [0.15, 0.2) is 0 Å². The van der Waals surface area contributed by atoms with Gasteiger partial charge < -0.3 is 15.7 Å². The molecule has 3 N–H and O–H groups in total. The van der Waals surface area contributed by atoms with Gasteiger partial charge in [-0.2, -0.15) is 0 Å². The van der Waals surface area contributed by atoms with Crippen LogP contribution in [0.25, 0.3) is 0 Å². The van der Waals surface area contributed by atoms with E-state index in [1.54, 1.807) is 30.3 Å². The molecule has 0 bridgehead atoms. The normalized spacial score (nSPS) is 18.7. The number of hydrogen-bond donors (Lipinski definition) is 3. The monoisotopic (exact) mass is 431 g/mol. The Balaban J connectivity index is 2.21. The summed E-state index contributed by atoms with van der Waals surface area (Å²) in [6.07, 6.45) is 0.711. The van der Waals surface area contributed by atoms with Gasteiger partial charge in [0.2, 0.25) is 0 Å². The highest BCUT2D eigenvalue weighted by molar-refractivity contribution is 9.10. The van der Waals surface area contributed by atoms with Crippen LogP contribution in [0.4, 0.5) is 16.2 Å². The summed E-state index contributed by atoms with van der Waals surface area (Å²) in [7, 11) is 0. The number of carbonyl (C=O) groups is 2. The van der Waals surface area contributed by atoms with Crippen LogP contribution >= 0.6 is 15.9 Å². The van der Waals surface area contributed by atoms with E-state index in [-0.39, 0.29) is 0 Å². The molecule has 3 amide bonds. The van der Waals surface area contributed by atoms with Gasteiger partial charge in [0.25, 0.3) is 11.6 Å². The SMILES string of the molecule is CCCNC(=O)C1(O)c2cc(Br)ccc2NC(=O)N1c1ccc(C)c(C)c1. The first-order chi connectivity index (χ1) is 12.8. The second-order valence-electron chi connectivity index (χ2n) is 6.65. The van der Waals surface area contributed by atoms with Crippen LogP contribution in [-0.4, -0.2) is 23.6 Å². The van der Waals surface area contributed by atoms with E-state index >= 15 is 0 Å². The summed E-state index contributed by atoms with van der Waals surface area (Å²) in [6.45, 7) is 6.19. The van der Waals surface area contributed by atoms with E-state index in [0.29, 0.717) is 34.4 Å². The van der Waals surface area contributed by atoms with E-state index in [9.17, 15) is 14.7 Å². The molecule has 0 spiro atoms.